The van der Waals surface area contributed by atoms with Gasteiger partial charge in [-0.05, 0) is 36.0 Å². The van der Waals surface area contributed by atoms with Gasteiger partial charge in [-0.25, -0.2) is 4.98 Å². The number of nitrogens with one attached hydrogen (secondary N) is 1. The van der Waals surface area contributed by atoms with E-state index in [2.05, 4.69) is 34.6 Å². The second-order valence-electron chi connectivity index (χ2n) is 4.96. The van der Waals surface area contributed by atoms with E-state index in [0.717, 1.165) is 18.2 Å². The largest absolute Gasteiger partial charge is 0.481 e. The number of ether oxygens (including phenoxy) is 1. The van der Waals surface area contributed by atoms with Gasteiger partial charge in [-0.15, -0.1) is 0 Å². The maximum Gasteiger partial charge on any atom is 0.213 e. The van der Waals surface area contributed by atoms with Crippen molar-refractivity contribution in [2.24, 2.45) is 0 Å². The van der Waals surface area contributed by atoms with Crippen molar-refractivity contribution < 1.29 is 4.74 Å². The van der Waals surface area contributed by atoms with Gasteiger partial charge in [-0.3, -0.25) is 0 Å². The molecule has 98 valence electrons. The van der Waals surface area contributed by atoms with Crippen molar-refractivity contribution in [1.82, 2.24) is 4.98 Å². The molecule has 2 aromatic rings. The number of benzene rings is 1. The number of pyridine rings is 1. The van der Waals surface area contributed by atoms with Crippen LogP contribution in [-0.2, 0) is 6.54 Å². The first-order chi connectivity index (χ1) is 9.35. The first kappa shape index (κ1) is 12.0. The minimum Gasteiger partial charge on any atom is -0.481 e. The third kappa shape index (κ3) is 3.05. The number of rotatable bonds is 5. The third-order valence-electron chi connectivity index (χ3n) is 3.44. The van der Waals surface area contributed by atoms with Crippen LogP contribution >= 0.6 is 0 Å². The zero-order chi connectivity index (χ0) is 13.1. The molecule has 1 fully saturated rings. The number of anilines is 1. The van der Waals surface area contributed by atoms with Gasteiger partial charge < -0.3 is 10.1 Å². The van der Waals surface area contributed by atoms with Gasteiger partial charge in [-0.2, -0.15) is 0 Å². The fourth-order valence-corrected chi connectivity index (χ4v) is 2.18. The van der Waals surface area contributed by atoms with Crippen molar-refractivity contribution in [2.75, 3.05) is 12.4 Å². The molecule has 0 spiro atoms. The molecule has 1 saturated carbocycles. The summed E-state index contributed by atoms with van der Waals surface area (Å²) in [7, 11) is 1.62. The average molecular weight is 254 g/mol. The maximum absolute atomic E-state index is 5.04. The Morgan fingerprint density at radius 3 is 2.84 bits per heavy atom. The molecule has 1 aliphatic carbocycles. The zero-order valence-corrected chi connectivity index (χ0v) is 11.1. The van der Waals surface area contributed by atoms with Gasteiger partial charge in [-0.1, -0.05) is 24.3 Å². The van der Waals surface area contributed by atoms with Crippen molar-refractivity contribution in [3.05, 3.63) is 53.7 Å². The molecule has 19 heavy (non-hydrogen) atoms. The number of aromatic nitrogens is 1. The molecule has 0 radical (unpaired) electrons. The van der Waals surface area contributed by atoms with Crippen LogP contribution in [0.15, 0.2) is 42.6 Å². The summed E-state index contributed by atoms with van der Waals surface area (Å²) in [4.78, 5) is 4.18. The summed E-state index contributed by atoms with van der Waals surface area (Å²) in [6, 6.07) is 12.7. The van der Waals surface area contributed by atoms with Crippen LogP contribution in [0.2, 0.25) is 0 Å². The van der Waals surface area contributed by atoms with E-state index in [1.54, 1.807) is 13.3 Å². The van der Waals surface area contributed by atoms with E-state index in [9.17, 15) is 0 Å². The van der Waals surface area contributed by atoms with Crippen LogP contribution in [0.4, 0.5) is 5.69 Å². The smallest absolute Gasteiger partial charge is 0.213 e. The highest BCUT2D eigenvalue weighted by Gasteiger charge is 2.23. The van der Waals surface area contributed by atoms with Gasteiger partial charge in [0, 0.05) is 12.6 Å². The van der Waals surface area contributed by atoms with Gasteiger partial charge in [0.05, 0.1) is 19.0 Å². The van der Waals surface area contributed by atoms with Crippen molar-refractivity contribution in [1.29, 1.82) is 0 Å². The minimum atomic E-state index is 0.640. The SMILES string of the molecule is COc1ccc(NCc2cccc(C3CC3)c2)cn1. The van der Waals surface area contributed by atoms with Gasteiger partial charge in [0.2, 0.25) is 5.88 Å². The van der Waals surface area contributed by atoms with Crippen LogP contribution in [0, 0.1) is 0 Å². The Morgan fingerprint density at radius 2 is 2.16 bits per heavy atom. The predicted octanol–water partition coefficient (Wildman–Crippen LogP) is 3.58. The molecule has 0 amide bonds. The standard InChI is InChI=1S/C16H18N2O/c1-19-16-8-7-15(11-18-16)17-10-12-3-2-4-14(9-12)13-5-6-13/h2-4,7-9,11,13,17H,5-6,10H2,1H3. The summed E-state index contributed by atoms with van der Waals surface area (Å²) in [5, 5.41) is 3.38. The maximum atomic E-state index is 5.04. The van der Waals surface area contributed by atoms with E-state index in [4.69, 9.17) is 4.74 Å². The van der Waals surface area contributed by atoms with Crippen molar-refractivity contribution >= 4 is 5.69 Å². The highest BCUT2D eigenvalue weighted by Crippen LogP contribution is 2.40. The minimum absolute atomic E-state index is 0.640. The van der Waals surface area contributed by atoms with Crippen LogP contribution in [-0.4, -0.2) is 12.1 Å². The predicted molar refractivity (Wildman–Crippen MR) is 76.5 cm³/mol. The molecular weight excluding hydrogens is 236 g/mol. The molecule has 1 aromatic carbocycles. The average Bonchev–Trinajstić information content (AvgIpc) is 3.31. The lowest BCUT2D eigenvalue weighted by Crippen LogP contribution is -2.00. The fourth-order valence-electron chi connectivity index (χ4n) is 2.18. The highest BCUT2D eigenvalue weighted by molar-refractivity contribution is 5.43. The second kappa shape index (κ2) is 5.31. The molecule has 1 heterocycles. The molecule has 0 unspecified atom stereocenters. The molecule has 0 aliphatic heterocycles. The Hall–Kier alpha value is -2.03. The highest BCUT2D eigenvalue weighted by atomic mass is 16.5. The van der Waals surface area contributed by atoms with Crippen LogP contribution in [0.1, 0.15) is 29.9 Å². The molecule has 0 bridgehead atoms. The summed E-state index contributed by atoms with van der Waals surface area (Å²) < 4.78 is 5.04. The van der Waals surface area contributed by atoms with Crippen LogP contribution < -0.4 is 10.1 Å². The van der Waals surface area contributed by atoms with E-state index in [0.29, 0.717) is 5.88 Å². The molecule has 3 nitrogen and oxygen atoms in total. The van der Waals surface area contributed by atoms with Crippen LogP contribution in [0.25, 0.3) is 0 Å². The summed E-state index contributed by atoms with van der Waals surface area (Å²) in [6.45, 7) is 0.828. The Kier molecular flexibility index (Phi) is 3.36. The van der Waals surface area contributed by atoms with Crippen molar-refractivity contribution in [3.8, 4) is 5.88 Å². The summed E-state index contributed by atoms with van der Waals surface area (Å²) in [5.74, 6) is 1.45. The second-order valence-corrected chi connectivity index (χ2v) is 4.96. The van der Waals surface area contributed by atoms with Gasteiger partial charge in [0.15, 0.2) is 0 Å². The lowest BCUT2D eigenvalue weighted by atomic mass is 10.1. The molecule has 1 N–H and O–H groups in total. The molecule has 1 aliphatic rings. The molecule has 3 rings (SSSR count). The number of hydrogen-bond donors (Lipinski definition) is 1. The normalized spacial score (nSPS) is 14.2. The summed E-state index contributed by atoms with van der Waals surface area (Å²) >= 11 is 0. The number of hydrogen-bond acceptors (Lipinski definition) is 3. The Bertz CT molecular complexity index is 547. The first-order valence-corrected chi connectivity index (χ1v) is 6.68. The van der Waals surface area contributed by atoms with Crippen LogP contribution in [0.3, 0.4) is 0 Å². The van der Waals surface area contributed by atoms with Crippen molar-refractivity contribution in [3.63, 3.8) is 0 Å². The molecule has 1 aromatic heterocycles. The van der Waals surface area contributed by atoms with Gasteiger partial charge >= 0.3 is 0 Å². The quantitative estimate of drug-likeness (QED) is 0.885. The Labute approximate surface area is 113 Å². The Balaban J connectivity index is 1.62. The topological polar surface area (TPSA) is 34.1 Å². The molecular formula is C16H18N2O. The van der Waals surface area contributed by atoms with E-state index >= 15 is 0 Å². The Morgan fingerprint density at radius 1 is 1.26 bits per heavy atom. The fraction of sp³-hybridized carbons (Fsp3) is 0.312. The lowest BCUT2D eigenvalue weighted by Gasteiger charge is -2.08. The third-order valence-corrected chi connectivity index (χ3v) is 3.44. The van der Waals surface area contributed by atoms with E-state index in [-0.39, 0.29) is 0 Å². The molecule has 3 heteroatoms. The van der Waals surface area contributed by atoms with E-state index < -0.39 is 0 Å². The number of methoxy groups -OCH3 is 1. The van der Waals surface area contributed by atoms with E-state index in [1.165, 1.54) is 24.0 Å². The summed E-state index contributed by atoms with van der Waals surface area (Å²) in [6.07, 6.45) is 4.49. The monoisotopic (exact) mass is 254 g/mol. The van der Waals surface area contributed by atoms with Crippen molar-refractivity contribution in [2.45, 2.75) is 25.3 Å². The zero-order valence-electron chi connectivity index (χ0n) is 11.1. The van der Waals surface area contributed by atoms with E-state index in [1.807, 2.05) is 12.1 Å². The molecule has 0 atom stereocenters. The van der Waals surface area contributed by atoms with Gasteiger partial charge in [0.25, 0.3) is 0 Å². The summed E-state index contributed by atoms with van der Waals surface area (Å²) in [5.41, 5.74) is 3.81. The van der Waals surface area contributed by atoms with Crippen LogP contribution in [0.5, 0.6) is 5.88 Å². The number of nitrogens with zero attached hydrogens (tertiary/aromatic N) is 1. The molecule has 0 saturated heterocycles. The first-order valence-electron chi connectivity index (χ1n) is 6.68. The van der Waals surface area contributed by atoms with Gasteiger partial charge in [0.1, 0.15) is 0 Å². The lowest BCUT2D eigenvalue weighted by molar-refractivity contribution is 0.398.